The predicted molar refractivity (Wildman–Crippen MR) is 129 cm³/mol. The molecule has 34 heavy (non-hydrogen) atoms. The van der Waals surface area contributed by atoms with Gasteiger partial charge in [-0.05, 0) is 42.7 Å². The molecule has 8 heteroatoms. The molecule has 0 heterocycles. The second-order valence-electron chi connectivity index (χ2n) is 8.80. The van der Waals surface area contributed by atoms with Crippen LogP contribution in [0.2, 0.25) is 0 Å². The maximum atomic E-state index is 13.4. The summed E-state index contributed by atoms with van der Waals surface area (Å²) >= 11 is 0.202. The summed E-state index contributed by atoms with van der Waals surface area (Å²) < 4.78 is 44.4. The molecule has 0 aliphatic carbocycles. The Morgan fingerprint density at radius 3 is 2.18 bits per heavy atom. The predicted octanol–water partition coefficient (Wildman–Crippen LogP) is 7.01. The van der Waals surface area contributed by atoms with Crippen LogP contribution >= 0.6 is 11.8 Å². The van der Waals surface area contributed by atoms with Crippen molar-refractivity contribution in [1.82, 2.24) is 5.32 Å². The van der Waals surface area contributed by atoms with E-state index >= 15 is 0 Å². The van der Waals surface area contributed by atoms with Crippen LogP contribution in [0.5, 0.6) is 0 Å². The lowest BCUT2D eigenvalue weighted by Crippen LogP contribution is -2.39. The first-order chi connectivity index (χ1) is 15.9. The summed E-state index contributed by atoms with van der Waals surface area (Å²) in [5.41, 5.74) is 0.310. The molecular formula is C26H26F3NO3S. The van der Waals surface area contributed by atoms with Gasteiger partial charge in [-0.3, -0.25) is 4.79 Å². The van der Waals surface area contributed by atoms with Gasteiger partial charge in [0.25, 0.3) is 0 Å². The second-order valence-corrected chi connectivity index (χ2v) is 9.78. The van der Waals surface area contributed by atoms with Gasteiger partial charge in [0.1, 0.15) is 5.60 Å². The molecule has 180 valence electrons. The third kappa shape index (κ3) is 7.00. The Morgan fingerprint density at radius 2 is 1.53 bits per heavy atom. The Kier molecular flexibility index (Phi) is 7.92. The van der Waals surface area contributed by atoms with Crippen molar-refractivity contribution in [2.24, 2.45) is 0 Å². The number of thioether (sulfide) groups is 1. The number of carbonyl (C=O) groups is 2. The largest absolute Gasteiger partial charge is 0.444 e. The molecule has 1 N–H and O–H groups in total. The number of halogens is 3. The first-order valence-electron chi connectivity index (χ1n) is 10.7. The molecule has 0 unspecified atom stereocenters. The van der Waals surface area contributed by atoms with Crippen LogP contribution in [0.15, 0.2) is 72.8 Å². The normalized spacial score (nSPS) is 13.8. The van der Waals surface area contributed by atoms with Crippen LogP contribution in [-0.4, -0.2) is 28.7 Å². The molecule has 0 saturated carbocycles. The van der Waals surface area contributed by atoms with Crippen molar-refractivity contribution in [2.75, 3.05) is 5.75 Å². The van der Waals surface area contributed by atoms with Crippen molar-refractivity contribution in [3.63, 3.8) is 0 Å². The molecule has 2 atom stereocenters. The molecule has 0 aliphatic rings. The third-order valence-corrected chi connectivity index (χ3v) is 5.96. The molecule has 0 bridgehead atoms. The number of fused-ring (bicyclic) bond motifs is 1. The van der Waals surface area contributed by atoms with Gasteiger partial charge in [0.2, 0.25) is 0 Å². The minimum absolute atomic E-state index is 0.202. The Labute approximate surface area is 200 Å². The van der Waals surface area contributed by atoms with E-state index in [0.29, 0.717) is 11.1 Å². The van der Waals surface area contributed by atoms with Crippen molar-refractivity contribution in [2.45, 2.75) is 44.5 Å². The highest BCUT2D eigenvalue weighted by atomic mass is 32.2. The molecule has 0 saturated heterocycles. The molecule has 0 spiro atoms. The molecular weight excluding hydrogens is 463 g/mol. The summed E-state index contributed by atoms with van der Waals surface area (Å²) in [4.78, 5) is 26.1. The number of carbonyl (C=O) groups excluding carboxylic acids is 2. The molecule has 1 amide bonds. The number of benzene rings is 3. The van der Waals surface area contributed by atoms with Gasteiger partial charge in [-0.15, -0.1) is 0 Å². The van der Waals surface area contributed by atoms with E-state index in [9.17, 15) is 22.8 Å². The second kappa shape index (κ2) is 10.5. The van der Waals surface area contributed by atoms with Crippen molar-refractivity contribution in [3.05, 3.63) is 83.9 Å². The highest BCUT2D eigenvalue weighted by molar-refractivity contribution is 8.13. The number of amides is 1. The molecule has 3 rings (SSSR count). The van der Waals surface area contributed by atoms with E-state index < -0.39 is 40.7 Å². The summed E-state index contributed by atoms with van der Waals surface area (Å²) in [6, 6.07) is 20.4. The molecule has 0 aromatic heterocycles. The number of alkyl carbamates (subject to hydrolysis) is 1. The maximum Gasteiger partial charge on any atom is 0.408 e. The van der Waals surface area contributed by atoms with E-state index in [4.69, 9.17) is 4.74 Å². The summed E-state index contributed by atoms with van der Waals surface area (Å²) in [6.07, 6.45) is -5.27. The number of hydrogen-bond acceptors (Lipinski definition) is 4. The zero-order chi connectivity index (χ0) is 24.9. The number of nitrogens with one attached hydrogen (secondary N) is 1. The van der Waals surface area contributed by atoms with E-state index in [-0.39, 0.29) is 11.8 Å². The van der Waals surface area contributed by atoms with E-state index in [2.05, 4.69) is 5.32 Å². The van der Waals surface area contributed by atoms with Gasteiger partial charge in [-0.25, -0.2) is 4.79 Å². The SMILES string of the molecule is CC(C)(C)OC(=O)N[C@@H](c1ccccc1)[C@H](C(=O)SCC(F)(F)F)c1cccc2ccccc12. The van der Waals surface area contributed by atoms with Gasteiger partial charge in [0.15, 0.2) is 5.12 Å². The fourth-order valence-corrected chi connectivity index (χ4v) is 4.41. The van der Waals surface area contributed by atoms with Gasteiger partial charge in [-0.2, -0.15) is 13.2 Å². The molecule has 3 aromatic rings. The fourth-order valence-electron chi connectivity index (χ4n) is 3.66. The van der Waals surface area contributed by atoms with Crippen LogP contribution in [0.1, 0.15) is 43.9 Å². The van der Waals surface area contributed by atoms with Gasteiger partial charge < -0.3 is 10.1 Å². The minimum Gasteiger partial charge on any atom is -0.444 e. The lowest BCUT2D eigenvalue weighted by molar-refractivity contribution is -0.115. The van der Waals surface area contributed by atoms with Crippen LogP contribution in [0.4, 0.5) is 18.0 Å². The van der Waals surface area contributed by atoms with Gasteiger partial charge in [0.05, 0.1) is 17.7 Å². The van der Waals surface area contributed by atoms with Gasteiger partial charge >= 0.3 is 12.3 Å². The summed E-state index contributed by atoms with van der Waals surface area (Å²) in [5, 5.41) is 3.62. The summed E-state index contributed by atoms with van der Waals surface area (Å²) in [6.45, 7) is 5.11. The van der Waals surface area contributed by atoms with Crippen LogP contribution in [0.3, 0.4) is 0 Å². The average molecular weight is 490 g/mol. The smallest absolute Gasteiger partial charge is 0.408 e. The third-order valence-electron chi connectivity index (χ3n) is 4.95. The zero-order valence-electron chi connectivity index (χ0n) is 19.1. The van der Waals surface area contributed by atoms with Gasteiger partial charge in [-0.1, -0.05) is 84.6 Å². The summed E-state index contributed by atoms with van der Waals surface area (Å²) in [5.74, 6) is -2.41. The zero-order valence-corrected chi connectivity index (χ0v) is 19.9. The van der Waals surface area contributed by atoms with Crippen LogP contribution in [0, 0.1) is 0 Å². The first kappa shape index (κ1) is 25.6. The quantitative estimate of drug-likeness (QED) is 0.405. The lowest BCUT2D eigenvalue weighted by atomic mass is 9.85. The fraction of sp³-hybridized carbons (Fsp3) is 0.308. The number of rotatable bonds is 6. The highest BCUT2D eigenvalue weighted by Gasteiger charge is 2.37. The molecule has 3 aromatic carbocycles. The standard InChI is InChI=1S/C26H26F3NO3S/c1-25(2,3)33-24(32)30-22(18-11-5-4-6-12-18)21(23(31)34-16-26(27,28)29)20-15-9-13-17-10-7-8-14-19(17)20/h4-15,21-22H,16H2,1-3H3,(H,30,32)/t21-,22+/m1/s1. The average Bonchev–Trinajstić information content (AvgIpc) is 2.76. The van der Waals surface area contributed by atoms with E-state index in [0.717, 1.165) is 10.8 Å². The molecule has 0 radical (unpaired) electrons. The van der Waals surface area contributed by atoms with Crippen LogP contribution in [0.25, 0.3) is 10.8 Å². The Morgan fingerprint density at radius 1 is 0.912 bits per heavy atom. The molecule has 0 aliphatic heterocycles. The highest BCUT2D eigenvalue weighted by Crippen LogP contribution is 2.39. The van der Waals surface area contributed by atoms with Crippen LogP contribution < -0.4 is 5.32 Å². The maximum absolute atomic E-state index is 13.4. The Balaban J connectivity index is 2.13. The Bertz CT molecular complexity index is 1140. The van der Waals surface area contributed by atoms with Gasteiger partial charge in [0, 0.05) is 0 Å². The lowest BCUT2D eigenvalue weighted by Gasteiger charge is -2.30. The topological polar surface area (TPSA) is 55.4 Å². The van der Waals surface area contributed by atoms with Crippen molar-refractivity contribution in [1.29, 1.82) is 0 Å². The van der Waals surface area contributed by atoms with Crippen LogP contribution in [-0.2, 0) is 9.53 Å². The number of alkyl halides is 3. The minimum atomic E-state index is -4.51. The monoisotopic (exact) mass is 489 g/mol. The van der Waals surface area contributed by atoms with E-state index in [1.54, 1.807) is 69.3 Å². The van der Waals surface area contributed by atoms with E-state index in [1.165, 1.54) is 0 Å². The molecule has 4 nitrogen and oxygen atoms in total. The van der Waals surface area contributed by atoms with Crippen molar-refractivity contribution < 1.29 is 27.5 Å². The molecule has 0 fully saturated rings. The summed E-state index contributed by atoms with van der Waals surface area (Å²) in [7, 11) is 0. The number of ether oxygens (including phenoxy) is 1. The number of hydrogen-bond donors (Lipinski definition) is 1. The van der Waals surface area contributed by atoms with E-state index in [1.807, 2.05) is 24.3 Å². The Hall–Kier alpha value is -3.00. The van der Waals surface area contributed by atoms with Crippen molar-refractivity contribution >= 4 is 33.7 Å². The van der Waals surface area contributed by atoms with Crippen molar-refractivity contribution in [3.8, 4) is 0 Å². The first-order valence-corrected chi connectivity index (χ1v) is 11.7.